The Morgan fingerprint density at radius 1 is 1.48 bits per heavy atom. The molecular formula is C14H19FN4OS. The van der Waals surface area contributed by atoms with Crippen molar-refractivity contribution in [2.75, 3.05) is 6.26 Å². The minimum atomic E-state index is -1.04. The van der Waals surface area contributed by atoms with Crippen molar-refractivity contribution in [1.82, 2.24) is 19.6 Å². The van der Waals surface area contributed by atoms with E-state index in [1.54, 1.807) is 10.7 Å². The highest BCUT2D eigenvalue weighted by atomic mass is 32.2. The predicted molar refractivity (Wildman–Crippen MR) is 79.3 cm³/mol. The summed E-state index contributed by atoms with van der Waals surface area (Å²) >= 11 is 1.51. The molecule has 0 radical (unpaired) electrons. The zero-order valence-electron chi connectivity index (χ0n) is 12.6. The van der Waals surface area contributed by atoms with Crippen molar-refractivity contribution < 1.29 is 9.13 Å². The lowest BCUT2D eigenvalue weighted by Crippen LogP contribution is -2.18. The molecule has 0 spiro atoms. The number of fused-ring (bicyclic) bond motifs is 1. The van der Waals surface area contributed by atoms with E-state index in [-0.39, 0.29) is 12.0 Å². The first-order valence-electron chi connectivity index (χ1n) is 7.12. The largest absolute Gasteiger partial charge is 0.365 e. The lowest BCUT2D eigenvalue weighted by Gasteiger charge is -2.13. The minimum Gasteiger partial charge on any atom is -0.365 e. The molecule has 0 amide bonds. The van der Waals surface area contributed by atoms with Crippen molar-refractivity contribution in [1.29, 1.82) is 0 Å². The van der Waals surface area contributed by atoms with Gasteiger partial charge in [0.2, 0.25) is 0 Å². The number of alkyl halides is 1. The number of aromatic nitrogens is 4. The molecule has 0 aliphatic carbocycles. The molecule has 21 heavy (non-hydrogen) atoms. The van der Waals surface area contributed by atoms with Crippen molar-refractivity contribution in [2.24, 2.45) is 5.92 Å². The first kappa shape index (κ1) is 14.7. The quantitative estimate of drug-likeness (QED) is 0.816. The van der Waals surface area contributed by atoms with Crippen molar-refractivity contribution in [2.45, 2.75) is 50.6 Å². The van der Waals surface area contributed by atoms with Crippen molar-refractivity contribution in [3.63, 3.8) is 0 Å². The first-order chi connectivity index (χ1) is 10.1. The van der Waals surface area contributed by atoms with E-state index in [4.69, 9.17) is 4.74 Å². The van der Waals surface area contributed by atoms with E-state index in [9.17, 15) is 4.39 Å². The van der Waals surface area contributed by atoms with Crippen LogP contribution in [0, 0.1) is 12.8 Å². The summed E-state index contributed by atoms with van der Waals surface area (Å²) in [5.74, 6) is 0.521. The number of hydrogen-bond acceptors (Lipinski definition) is 5. The lowest BCUT2D eigenvalue weighted by atomic mass is 9.97. The van der Waals surface area contributed by atoms with Gasteiger partial charge in [-0.15, -0.1) is 11.8 Å². The first-order valence-corrected chi connectivity index (χ1v) is 8.35. The molecule has 0 unspecified atom stereocenters. The third kappa shape index (κ3) is 2.32. The number of nitrogens with zero attached hydrogens (tertiary/aromatic N) is 4. The van der Waals surface area contributed by atoms with E-state index in [0.29, 0.717) is 17.2 Å². The molecule has 2 aromatic heterocycles. The molecular weight excluding hydrogens is 291 g/mol. The van der Waals surface area contributed by atoms with Gasteiger partial charge < -0.3 is 4.74 Å². The molecule has 1 saturated heterocycles. The maximum atomic E-state index is 14.6. The second kappa shape index (κ2) is 5.53. The molecule has 7 heteroatoms. The molecule has 0 N–H and O–H groups in total. The summed E-state index contributed by atoms with van der Waals surface area (Å²) in [5, 5.41) is 5.18. The number of rotatable bonds is 3. The number of imidazole rings is 1. The van der Waals surface area contributed by atoms with Crippen LogP contribution in [0.15, 0.2) is 11.2 Å². The van der Waals surface area contributed by atoms with Gasteiger partial charge in [-0.1, -0.05) is 13.8 Å². The Kier molecular flexibility index (Phi) is 3.88. The smallest absolute Gasteiger partial charge is 0.186 e. The molecule has 0 aromatic carbocycles. The number of aryl methyl sites for hydroxylation is 1. The van der Waals surface area contributed by atoms with Gasteiger partial charge in [-0.05, 0) is 19.6 Å². The maximum Gasteiger partial charge on any atom is 0.186 e. The molecule has 0 saturated carbocycles. The second-order valence-corrected chi connectivity index (χ2v) is 6.19. The third-order valence-corrected chi connectivity index (χ3v) is 4.71. The summed E-state index contributed by atoms with van der Waals surface area (Å²) in [4.78, 5) is 8.71. The second-order valence-electron chi connectivity index (χ2n) is 5.39. The Hall–Kier alpha value is -1.21. The van der Waals surface area contributed by atoms with Crippen LogP contribution in [0.3, 0.4) is 0 Å². The standard InChI is InChI=1S/C14H19FN4OS/c1-5-10-7(2)11(15)12(20-10)9-6-16-13-14(21-4)17-8(3)18-19(9)13/h6-7,10-12H,5H2,1-4H3/t7-,10-,11-,12+/m1/s1. The van der Waals surface area contributed by atoms with Crippen LogP contribution in [-0.4, -0.2) is 38.1 Å². The van der Waals surface area contributed by atoms with Crippen molar-refractivity contribution >= 4 is 17.4 Å². The highest BCUT2D eigenvalue weighted by Crippen LogP contribution is 2.40. The summed E-state index contributed by atoms with van der Waals surface area (Å²) in [7, 11) is 0. The van der Waals surface area contributed by atoms with Crippen LogP contribution >= 0.6 is 11.8 Å². The van der Waals surface area contributed by atoms with E-state index < -0.39 is 12.3 Å². The fourth-order valence-electron chi connectivity index (χ4n) is 2.87. The topological polar surface area (TPSA) is 52.3 Å². The Labute approximate surface area is 127 Å². The average Bonchev–Trinajstić information content (AvgIpc) is 3.01. The van der Waals surface area contributed by atoms with Crippen LogP contribution < -0.4 is 0 Å². The molecule has 114 valence electrons. The average molecular weight is 310 g/mol. The van der Waals surface area contributed by atoms with Crippen LogP contribution in [-0.2, 0) is 4.74 Å². The van der Waals surface area contributed by atoms with Crippen LogP contribution in [0.4, 0.5) is 4.39 Å². The van der Waals surface area contributed by atoms with Crippen LogP contribution in [0.5, 0.6) is 0 Å². The van der Waals surface area contributed by atoms with Gasteiger partial charge in [0.25, 0.3) is 0 Å². The molecule has 0 bridgehead atoms. The number of hydrogen-bond donors (Lipinski definition) is 0. The summed E-state index contributed by atoms with van der Waals surface area (Å²) in [6, 6.07) is 0. The molecule has 1 aliphatic rings. The Morgan fingerprint density at radius 3 is 2.86 bits per heavy atom. The van der Waals surface area contributed by atoms with E-state index in [0.717, 1.165) is 11.4 Å². The van der Waals surface area contributed by atoms with Gasteiger partial charge in [-0.3, -0.25) is 0 Å². The zero-order chi connectivity index (χ0) is 15.1. The van der Waals surface area contributed by atoms with E-state index >= 15 is 0 Å². The molecule has 5 nitrogen and oxygen atoms in total. The van der Waals surface area contributed by atoms with Gasteiger partial charge in [0.15, 0.2) is 5.65 Å². The summed E-state index contributed by atoms with van der Waals surface area (Å²) < 4.78 is 22.2. The summed E-state index contributed by atoms with van der Waals surface area (Å²) in [6.45, 7) is 5.74. The Morgan fingerprint density at radius 2 is 2.24 bits per heavy atom. The summed E-state index contributed by atoms with van der Waals surface area (Å²) in [5.41, 5.74) is 1.33. The molecule has 1 fully saturated rings. The Balaban J connectivity index is 2.07. The molecule has 4 atom stereocenters. The fraction of sp³-hybridized carbons (Fsp3) is 0.643. The number of halogens is 1. The van der Waals surface area contributed by atoms with Gasteiger partial charge in [0.1, 0.15) is 23.1 Å². The normalized spacial score (nSPS) is 29.4. The third-order valence-electron chi connectivity index (χ3n) is 4.05. The molecule has 3 rings (SSSR count). The summed E-state index contributed by atoms with van der Waals surface area (Å²) in [6.07, 6.45) is 2.70. The van der Waals surface area contributed by atoms with Crippen LogP contribution in [0.1, 0.15) is 37.9 Å². The highest BCUT2D eigenvalue weighted by molar-refractivity contribution is 7.98. The van der Waals surface area contributed by atoms with Crippen LogP contribution in [0.2, 0.25) is 0 Å². The van der Waals surface area contributed by atoms with E-state index in [1.165, 1.54) is 11.8 Å². The fourth-order valence-corrected chi connectivity index (χ4v) is 3.42. The predicted octanol–water partition coefficient (Wildman–Crippen LogP) is 2.98. The van der Waals surface area contributed by atoms with Gasteiger partial charge in [-0.2, -0.15) is 5.10 Å². The minimum absolute atomic E-state index is 0.0569. The molecule has 2 aromatic rings. The number of ether oxygens (including phenoxy) is 1. The van der Waals surface area contributed by atoms with Crippen LogP contribution in [0.25, 0.3) is 5.65 Å². The molecule has 1 aliphatic heterocycles. The van der Waals surface area contributed by atoms with Gasteiger partial charge in [0.05, 0.1) is 18.0 Å². The SMILES string of the molecule is CC[C@H]1O[C@@H](c2cnc3c(SC)nc(C)nn23)[C@H](F)[C@@H]1C. The lowest BCUT2D eigenvalue weighted by molar-refractivity contribution is 0.0196. The monoisotopic (exact) mass is 310 g/mol. The maximum absolute atomic E-state index is 14.6. The van der Waals surface area contributed by atoms with E-state index in [2.05, 4.69) is 15.1 Å². The highest BCUT2D eigenvalue weighted by Gasteiger charge is 2.43. The zero-order valence-corrected chi connectivity index (χ0v) is 13.4. The van der Waals surface area contributed by atoms with Gasteiger partial charge >= 0.3 is 0 Å². The van der Waals surface area contributed by atoms with Gasteiger partial charge in [0, 0.05) is 5.92 Å². The van der Waals surface area contributed by atoms with Gasteiger partial charge in [-0.25, -0.2) is 18.9 Å². The van der Waals surface area contributed by atoms with Crippen molar-refractivity contribution in [3.8, 4) is 0 Å². The number of thioether (sulfide) groups is 1. The molecule has 3 heterocycles. The van der Waals surface area contributed by atoms with Crippen molar-refractivity contribution in [3.05, 3.63) is 17.7 Å². The van der Waals surface area contributed by atoms with E-state index in [1.807, 2.05) is 27.0 Å². The Bertz CT molecular complexity index is 662.